The highest BCUT2D eigenvalue weighted by molar-refractivity contribution is 5.69. The molecule has 1 fully saturated rings. The van der Waals surface area contributed by atoms with Crippen LogP contribution in [0.3, 0.4) is 0 Å². The van der Waals surface area contributed by atoms with Crippen LogP contribution >= 0.6 is 0 Å². The van der Waals surface area contributed by atoms with Gasteiger partial charge in [0.05, 0.1) is 25.4 Å². The van der Waals surface area contributed by atoms with E-state index >= 15 is 0 Å². The lowest BCUT2D eigenvalue weighted by molar-refractivity contribution is -0.140. The topological polar surface area (TPSA) is 86.5 Å². The highest BCUT2D eigenvalue weighted by Crippen LogP contribution is 2.24. The molecule has 1 aliphatic rings. The van der Waals surface area contributed by atoms with Gasteiger partial charge < -0.3 is 19.3 Å². The van der Waals surface area contributed by atoms with Crippen LogP contribution in [0.2, 0.25) is 0 Å². The molecule has 0 spiro atoms. The van der Waals surface area contributed by atoms with Gasteiger partial charge in [0.15, 0.2) is 5.76 Å². The maximum Gasteiger partial charge on any atom is 0.305 e. The molecule has 2 aromatic heterocycles. The standard InChI is InChI=1S/C16H19N3O4/c1-21-16(20)3-2-12-7-15(23-19-12)11-6-14(9-17-8-11)22-10-13-4-5-18-13/h6-9,13,18H,2-5,10H2,1H3. The molecule has 1 atom stereocenters. The average molecular weight is 317 g/mol. The van der Waals surface area contributed by atoms with Crippen LogP contribution in [0, 0.1) is 0 Å². The number of pyridine rings is 1. The van der Waals surface area contributed by atoms with Crippen LogP contribution in [0.1, 0.15) is 18.5 Å². The number of carbonyl (C=O) groups excluding carboxylic acids is 1. The molecule has 2 aromatic rings. The first kappa shape index (κ1) is 15.5. The molecule has 0 amide bonds. The van der Waals surface area contributed by atoms with Gasteiger partial charge >= 0.3 is 5.97 Å². The third-order valence-electron chi connectivity index (χ3n) is 3.75. The minimum Gasteiger partial charge on any atom is -0.490 e. The Morgan fingerprint density at radius 2 is 2.30 bits per heavy atom. The molecule has 3 heterocycles. The van der Waals surface area contributed by atoms with E-state index in [4.69, 9.17) is 9.26 Å². The number of hydrogen-bond donors (Lipinski definition) is 1. The Morgan fingerprint density at radius 1 is 1.43 bits per heavy atom. The molecule has 7 nitrogen and oxygen atoms in total. The maximum atomic E-state index is 11.2. The smallest absolute Gasteiger partial charge is 0.305 e. The maximum absolute atomic E-state index is 11.2. The molecule has 0 radical (unpaired) electrons. The summed E-state index contributed by atoms with van der Waals surface area (Å²) in [4.78, 5) is 15.3. The summed E-state index contributed by atoms with van der Waals surface area (Å²) in [6.07, 6.45) is 5.26. The predicted molar refractivity (Wildman–Crippen MR) is 82.0 cm³/mol. The SMILES string of the molecule is COC(=O)CCc1cc(-c2cncc(OCC3CCN3)c2)on1. The van der Waals surface area contributed by atoms with Crippen molar-refractivity contribution in [2.24, 2.45) is 0 Å². The largest absolute Gasteiger partial charge is 0.490 e. The second-order valence-electron chi connectivity index (χ2n) is 5.42. The minimum atomic E-state index is -0.267. The van der Waals surface area contributed by atoms with Crippen LogP contribution < -0.4 is 10.1 Å². The van der Waals surface area contributed by atoms with Crippen molar-refractivity contribution in [1.82, 2.24) is 15.5 Å². The van der Waals surface area contributed by atoms with Gasteiger partial charge in [-0.25, -0.2) is 0 Å². The second kappa shape index (κ2) is 7.23. The molecular formula is C16H19N3O4. The quantitative estimate of drug-likeness (QED) is 0.776. The number of rotatable bonds is 7. The van der Waals surface area contributed by atoms with Gasteiger partial charge in [0.2, 0.25) is 0 Å². The van der Waals surface area contributed by atoms with Gasteiger partial charge in [-0.05, 0) is 19.0 Å². The molecule has 7 heteroatoms. The first-order chi connectivity index (χ1) is 11.2. The van der Waals surface area contributed by atoms with Crippen LogP contribution in [0.5, 0.6) is 5.75 Å². The Hall–Kier alpha value is -2.41. The van der Waals surface area contributed by atoms with Gasteiger partial charge in [0.1, 0.15) is 12.4 Å². The Bertz CT molecular complexity index is 667. The number of carbonyl (C=O) groups is 1. The molecule has 3 rings (SSSR count). The lowest BCUT2D eigenvalue weighted by Crippen LogP contribution is -2.46. The monoisotopic (exact) mass is 317 g/mol. The third-order valence-corrected chi connectivity index (χ3v) is 3.75. The van der Waals surface area contributed by atoms with E-state index in [0.29, 0.717) is 36.3 Å². The van der Waals surface area contributed by atoms with Crippen LogP contribution in [-0.4, -0.2) is 42.4 Å². The number of nitrogens with one attached hydrogen (secondary N) is 1. The van der Waals surface area contributed by atoms with E-state index in [1.54, 1.807) is 18.5 Å². The first-order valence-corrected chi connectivity index (χ1v) is 7.58. The van der Waals surface area contributed by atoms with Crippen LogP contribution in [0.15, 0.2) is 29.0 Å². The van der Waals surface area contributed by atoms with Crippen LogP contribution in [0.4, 0.5) is 0 Å². The van der Waals surface area contributed by atoms with Crippen molar-refractivity contribution in [1.29, 1.82) is 0 Å². The van der Waals surface area contributed by atoms with E-state index < -0.39 is 0 Å². The van der Waals surface area contributed by atoms with E-state index in [2.05, 4.69) is 20.2 Å². The average Bonchev–Trinajstić information content (AvgIpc) is 3.00. The minimum absolute atomic E-state index is 0.267. The van der Waals surface area contributed by atoms with E-state index in [0.717, 1.165) is 18.5 Å². The molecule has 0 saturated carbocycles. The first-order valence-electron chi connectivity index (χ1n) is 7.58. The van der Waals surface area contributed by atoms with E-state index in [9.17, 15) is 4.79 Å². The summed E-state index contributed by atoms with van der Waals surface area (Å²) in [5.41, 5.74) is 1.50. The van der Waals surface area contributed by atoms with Crippen molar-refractivity contribution in [2.45, 2.75) is 25.3 Å². The van der Waals surface area contributed by atoms with Crippen LogP contribution in [-0.2, 0) is 16.0 Å². The third kappa shape index (κ3) is 4.07. The Balaban J connectivity index is 1.61. The summed E-state index contributed by atoms with van der Waals surface area (Å²) in [7, 11) is 1.37. The zero-order valence-electron chi connectivity index (χ0n) is 12.9. The number of esters is 1. The van der Waals surface area contributed by atoms with Gasteiger partial charge in [0, 0.05) is 30.3 Å². The fraction of sp³-hybridized carbons (Fsp3) is 0.438. The molecule has 122 valence electrons. The number of aryl methyl sites for hydroxylation is 1. The molecule has 1 saturated heterocycles. The van der Waals surface area contributed by atoms with Crippen LogP contribution in [0.25, 0.3) is 11.3 Å². The van der Waals surface area contributed by atoms with Gasteiger partial charge in [-0.15, -0.1) is 0 Å². The fourth-order valence-electron chi connectivity index (χ4n) is 2.22. The van der Waals surface area contributed by atoms with Gasteiger partial charge in [-0.3, -0.25) is 9.78 Å². The molecule has 0 aliphatic carbocycles. The number of nitrogens with zero attached hydrogens (tertiary/aromatic N) is 2. The van der Waals surface area contributed by atoms with Crippen molar-refractivity contribution >= 4 is 5.97 Å². The van der Waals surface area contributed by atoms with Gasteiger partial charge in [0.25, 0.3) is 0 Å². The summed E-state index contributed by atoms with van der Waals surface area (Å²) in [5.74, 6) is 1.03. The number of aromatic nitrogens is 2. The number of hydrogen-bond acceptors (Lipinski definition) is 7. The molecule has 1 aliphatic heterocycles. The number of methoxy groups -OCH3 is 1. The molecular weight excluding hydrogens is 298 g/mol. The van der Waals surface area contributed by atoms with Crippen molar-refractivity contribution in [2.75, 3.05) is 20.3 Å². The molecule has 1 N–H and O–H groups in total. The van der Waals surface area contributed by atoms with Crippen molar-refractivity contribution < 1.29 is 18.8 Å². The Kier molecular flexibility index (Phi) is 4.87. The highest BCUT2D eigenvalue weighted by atomic mass is 16.5. The fourth-order valence-corrected chi connectivity index (χ4v) is 2.22. The summed E-state index contributed by atoms with van der Waals surface area (Å²) in [6, 6.07) is 4.10. The number of ether oxygens (including phenoxy) is 2. The van der Waals surface area contributed by atoms with Crippen molar-refractivity contribution in [3.05, 3.63) is 30.2 Å². The summed E-state index contributed by atoms with van der Waals surface area (Å²) in [5, 5.41) is 7.25. The van der Waals surface area contributed by atoms with Crippen molar-refractivity contribution in [3.63, 3.8) is 0 Å². The Morgan fingerprint density at radius 3 is 3.04 bits per heavy atom. The summed E-state index contributed by atoms with van der Waals surface area (Å²) in [6.45, 7) is 1.69. The van der Waals surface area contributed by atoms with Crippen molar-refractivity contribution in [3.8, 4) is 17.1 Å². The normalized spacial score (nSPS) is 16.7. The zero-order valence-corrected chi connectivity index (χ0v) is 12.9. The van der Waals surface area contributed by atoms with Gasteiger partial charge in [-0.2, -0.15) is 0 Å². The van der Waals surface area contributed by atoms with Gasteiger partial charge in [-0.1, -0.05) is 5.16 Å². The van der Waals surface area contributed by atoms with E-state index in [1.165, 1.54) is 7.11 Å². The molecule has 1 unspecified atom stereocenters. The summed E-state index contributed by atoms with van der Waals surface area (Å²) < 4.78 is 15.7. The molecule has 0 bridgehead atoms. The second-order valence-corrected chi connectivity index (χ2v) is 5.42. The lowest BCUT2D eigenvalue weighted by atomic mass is 10.1. The molecule has 23 heavy (non-hydrogen) atoms. The summed E-state index contributed by atoms with van der Waals surface area (Å²) >= 11 is 0. The predicted octanol–water partition coefficient (Wildman–Crippen LogP) is 1.58. The van der Waals surface area contributed by atoms with E-state index in [-0.39, 0.29) is 12.4 Å². The van der Waals surface area contributed by atoms with E-state index in [1.807, 2.05) is 6.07 Å². The lowest BCUT2D eigenvalue weighted by Gasteiger charge is -2.27. The molecule has 0 aromatic carbocycles. The highest BCUT2D eigenvalue weighted by Gasteiger charge is 2.17. The Labute approximate surface area is 134 Å². The zero-order chi connectivity index (χ0) is 16.1.